The number of aromatic nitrogens is 1. The average molecular weight is 447 g/mol. The summed E-state index contributed by atoms with van der Waals surface area (Å²) in [4.78, 5) is 28.5. The zero-order valence-corrected chi connectivity index (χ0v) is 18.0. The van der Waals surface area contributed by atoms with E-state index in [9.17, 15) is 9.59 Å². The summed E-state index contributed by atoms with van der Waals surface area (Å²) < 4.78 is 10.5. The number of carbonyl (C=O) groups is 2. The molecule has 0 aliphatic heterocycles. The summed E-state index contributed by atoms with van der Waals surface area (Å²) in [6, 6.07) is 14.4. The number of aryl methyl sites for hydroxylation is 1. The first kappa shape index (κ1) is 21.9. The average Bonchev–Trinajstić information content (AvgIpc) is 2.72. The van der Waals surface area contributed by atoms with Gasteiger partial charge in [0.1, 0.15) is 5.52 Å². The number of halogens is 2. The maximum absolute atomic E-state index is 12.0. The molecule has 1 atom stereocenters. The van der Waals surface area contributed by atoms with E-state index in [1.165, 1.54) is 6.07 Å². The van der Waals surface area contributed by atoms with Crippen molar-refractivity contribution in [3.63, 3.8) is 0 Å². The van der Waals surface area contributed by atoms with E-state index in [1.54, 1.807) is 6.07 Å². The van der Waals surface area contributed by atoms with E-state index < -0.39 is 25.1 Å². The number of hydrogen-bond acceptors (Lipinski definition) is 5. The van der Waals surface area contributed by atoms with Crippen molar-refractivity contribution in [1.29, 1.82) is 0 Å². The molecule has 1 heterocycles. The molecule has 30 heavy (non-hydrogen) atoms. The number of nitrogens with one attached hydrogen (secondary N) is 1. The molecule has 0 saturated carbocycles. The van der Waals surface area contributed by atoms with Crippen LogP contribution in [0.25, 0.3) is 10.9 Å². The molecular formula is C22H20Cl2N2O4. The number of rotatable bonds is 7. The topological polar surface area (TPSA) is 77.5 Å². The molecule has 0 spiro atoms. The highest BCUT2D eigenvalue weighted by Gasteiger charge is 2.16. The monoisotopic (exact) mass is 446 g/mol. The molecule has 3 rings (SSSR count). The van der Waals surface area contributed by atoms with Gasteiger partial charge in [0.05, 0.1) is 16.1 Å². The third kappa shape index (κ3) is 5.40. The first-order valence-corrected chi connectivity index (χ1v) is 9.99. The standard InChI is InChI=1S/C22H20Cl2N2O4/c1-13-8-9-16-17(23)10-18(24)22(21(16)25-13)30-12-20(28)29-11-19(27)26-14(2)15-6-4-3-5-7-15/h3-10,14H,11-12H2,1-2H3,(H,26,27)/t14-/m1/s1. The SMILES string of the molecule is Cc1ccc2c(Cl)cc(Cl)c(OCC(=O)OCC(=O)N[C@H](C)c3ccccc3)c2n1. The summed E-state index contributed by atoms with van der Waals surface area (Å²) >= 11 is 12.4. The maximum Gasteiger partial charge on any atom is 0.344 e. The van der Waals surface area contributed by atoms with Crippen LogP contribution >= 0.6 is 23.2 Å². The molecule has 6 nitrogen and oxygen atoms in total. The van der Waals surface area contributed by atoms with Crippen molar-refractivity contribution in [2.45, 2.75) is 19.9 Å². The van der Waals surface area contributed by atoms with Crippen molar-refractivity contribution in [1.82, 2.24) is 10.3 Å². The molecule has 0 bridgehead atoms. The largest absolute Gasteiger partial charge is 0.478 e. The smallest absolute Gasteiger partial charge is 0.344 e. The second-order valence-corrected chi connectivity index (χ2v) is 7.48. The van der Waals surface area contributed by atoms with Crippen LogP contribution in [-0.2, 0) is 14.3 Å². The van der Waals surface area contributed by atoms with Gasteiger partial charge in [-0.05, 0) is 37.6 Å². The summed E-state index contributed by atoms with van der Waals surface area (Å²) in [7, 11) is 0. The number of ether oxygens (including phenoxy) is 2. The van der Waals surface area contributed by atoms with E-state index in [4.69, 9.17) is 32.7 Å². The van der Waals surface area contributed by atoms with Crippen molar-refractivity contribution in [3.05, 3.63) is 69.8 Å². The summed E-state index contributed by atoms with van der Waals surface area (Å²) in [6.45, 7) is 2.83. The normalized spacial score (nSPS) is 11.7. The summed E-state index contributed by atoms with van der Waals surface area (Å²) in [6.07, 6.45) is 0. The zero-order valence-electron chi connectivity index (χ0n) is 16.4. The van der Waals surface area contributed by atoms with Gasteiger partial charge in [0.2, 0.25) is 0 Å². The summed E-state index contributed by atoms with van der Waals surface area (Å²) in [5.74, 6) is -0.879. The van der Waals surface area contributed by atoms with E-state index in [0.717, 1.165) is 11.3 Å². The Kier molecular flexibility index (Phi) is 7.13. The summed E-state index contributed by atoms with van der Waals surface area (Å²) in [5.41, 5.74) is 2.15. The fourth-order valence-electron chi connectivity index (χ4n) is 2.85. The number of amides is 1. The van der Waals surface area contributed by atoms with Crippen LogP contribution < -0.4 is 10.1 Å². The highest BCUT2D eigenvalue weighted by Crippen LogP contribution is 2.37. The molecule has 0 fully saturated rings. The van der Waals surface area contributed by atoms with Crippen molar-refractivity contribution in [2.75, 3.05) is 13.2 Å². The second-order valence-electron chi connectivity index (χ2n) is 6.67. The highest BCUT2D eigenvalue weighted by atomic mass is 35.5. The van der Waals surface area contributed by atoms with Crippen molar-refractivity contribution in [3.8, 4) is 5.75 Å². The van der Waals surface area contributed by atoms with Gasteiger partial charge in [-0.15, -0.1) is 0 Å². The summed E-state index contributed by atoms with van der Waals surface area (Å²) in [5, 5.41) is 4.09. The fourth-order valence-corrected chi connectivity index (χ4v) is 3.43. The zero-order chi connectivity index (χ0) is 21.7. The molecule has 8 heteroatoms. The van der Waals surface area contributed by atoms with E-state index in [-0.39, 0.29) is 16.8 Å². The van der Waals surface area contributed by atoms with Crippen LogP contribution in [0.4, 0.5) is 0 Å². The molecule has 156 valence electrons. The number of fused-ring (bicyclic) bond motifs is 1. The van der Waals surface area contributed by atoms with Gasteiger partial charge in [-0.1, -0.05) is 53.5 Å². The molecule has 0 saturated heterocycles. The van der Waals surface area contributed by atoms with Gasteiger partial charge >= 0.3 is 5.97 Å². The Labute approximate surface area is 184 Å². The minimum Gasteiger partial charge on any atom is -0.478 e. The Hall–Kier alpha value is -2.83. The van der Waals surface area contributed by atoms with Crippen molar-refractivity contribution >= 4 is 46.0 Å². The van der Waals surface area contributed by atoms with Crippen molar-refractivity contribution in [2.24, 2.45) is 0 Å². The highest BCUT2D eigenvalue weighted by molar-refractivity contribution is 6.39. The third-order valence-electron chi connectivity index (χ3n) is 4.35. The van der Waals surface area contributed by atoms with Crippen LogP contribution in [0.1, 0.15) is 24.2 Å². The molecule has 3 aromatic rings. The quantitative estimate of drug-likeness (QED) is 0.534. The molecule has 0 aliphatic rings. The minimum absolute atomic E-state index is 0.206. The van der Waals surface area contributed by atoms with Gasteiger partial charge in [0.25, 0.3) is 5.91 Å². The van der Waals surface area contributed by atoms with E-state index in [1.807, 2.05) is 50.2 Å². The predicted octanol–water partition coefficient (Wildman–Crippen LogP) is 4.65. The molecule has 1 N–H and O–H groups in total. The first-order valence-electron chi connectivity index (χ1n) is 9.23. The third-order valence-corrected chi connectivity index (χ3v) is 4.95. The Balaban J connectivity index is 1.56. The molecule has 2 aromatic carbocycles. The van der Waals surface area contributed by atoms with Gasteiger partial charge in [0.15, 0.2) is 19.0 Å². The van der Waals surface area contributed by atoms with Crippen LogP contribution in [0.15, 0.2) is 48.5 Å². The number of esters is 1. The molecule has 0 aliphatic carbocycles. The minimum atomic E-state index is -0.704. The molecular weight excluding hydrogens is 427 g/mol. The Morgan fingerprint density at radius 2 is 1.80 bits per heavy atom. The molecule has 0 unspecified atom stereocenters. The second kappa shape index (κ2) is 9.78. The van der Waals surface area contributed by atoms with Crippen LogP contribution in [-0.4, -0.2) is 30.1 Å². The number of nitrogens with zero attached hydrogens (tertiary/aromatic N) is 1. The van der Waals surface area contributed by atoms with Crippen LogP contribution in [0, 0.1) is 6.92 Å². The number of hydrogen-bond donors (Lipinski definition) is 1. The van der Waals surface area contributed by atoms with Crippen LogP contribution in [0.5, 0.6) is 5.75 Å². The Morgan fingerprint density at radius 3 is 2.53 bits per heavy atom. The molecule has 0 radical (unpaired) electrons. The first-order chi connectivity index (χ1) is 14.3. The Bertz CT molecular complexity index is 1070. The van der Waals surface area contributed by atoms with Crippen LogP contribution in [0.2, 0.25) is 10.0 Å². The van der Waals surface area contributed by atoms with Crippen molar-refractivity contribution < 1.29 is 19.1 Å². The Morgan fingerprint density at radius 1 is 1.07 bits per heavy atom. The molecule has 1 aromatic heterocycles. The lowest BCUT2D eigenvalue weighted by molar-refractivity contribution is -0.150. The van der Waals surface area contributed by atoms with Gasteiger partial charge < -0.3 is 14.8 Å². The number of pyridine rings is 1. The van der Waals surface area contributed by atoms with Gasteiger partial charge in [-0.3, -0.25) is 4.79 Å². The van der Waals surface area contributed by atoms with Crippen LogP contribution in [0.3, 0.4) is 0 Å². The maximum atomic E-state index is 12.0. The number of benzene rings is 2. The van der Waals surface area contributed by atoms with Gasteiger partial charge in [-0.2, -0.15) is 0 Å². The fraction of sp³-hybridized carbons (Fsp3) is 0.227. The number of carbonyl (C=O) groups excluding carboxylic acids is 2. The lowest BCUT2D eigenvalue weighted by Crippen LogP contribution is -2.31. The van der Waals surface area contributed by atoms with Gasteiger partial charge in [-0.25, -0.2) is 9.78 Å². The lowest BCUT2D eigenvalue weighted by Gasteiger charge is -2.15. The predicted molar refractivity (Wildman–Crippen MR) is 116 cm³/mol. The van der Waals surface area contributed by atoms with Gasteiger partial charge in [0, 0.05) is 11.1 Å². The van der Waals surface area contributed by atoms with E-state index in [2.05, 4.69) is 10.3 Å². The van der Waals surface area contributed by atoms with E-state index >= 15 is 0 Å². The lowest BCUT2D eigenvalue weighted by atomic mass is 10.1. The van der Waals surface area contributed by atoms with E-state index in [0.29, 0.717) is 15.9 Å². The molecule has 1 amide bonds.